The van der Waals surface area contributed by atoms with E-state index in [4.69, 9.17) is 0 Å². The minimum absolute atomic E-state index is 0.226. The van der Waals surface area contributed by atoms with Gasteiger partial charge in [0.2, 0.25) is 5.91 Å². The van der Waals surface area contributed by atoms with Crippen molar-refractivity contribution < 1.29 is 18.8 Å². The number of fused-ring (bicyclic) bond motifs is 1. The van der Waals surface area contributed by atoms with Gasteiger partial charge in [-0.05, 0) is 66.0 Å². The number of piperazine rings is 1. The number of hydrogen-bond acceptors (Lipinski definition) is 5. The number of aromatic amines is 1. The summed E-state index contributed by atoms with van der Waals surface area (Å²) in [6.07, 6.45) is 0. The van der Waals surface area contributed by atoms with Crippen LogP contribution in [0.15, 0.2) is 51.7 Å². The van der Waals surface area contributed by atoms with E-state index in [2.05, 4.69) is 31.2 Å². The van der Waals surface area contributed by atoms with Gasteiger partial charge < -0.3 is 20.1 Å². The van der Waals surface area contributed by atoms with Gasteiger partial charge in [0, 0.05) is 24.1 Å². The SMILES string of the molecule is CC(C)[C@H](NC(=O)c1nc2ccccc2[nH]c1=O)C(=O)N1CCN(C(=O)c2ccc(F)cc2Br)C(C)(C)C1. The highest BCUT2D eigenvalue weighted by Gasteiger charge is 2.41. The fraction of sp³-hybridized carbons (Fsp3) is 0.370. The van der Waals surface area contributed by atoms with Crippen LogP contribution >= 0.6 is 15.9 Å². The number of carbonyl (C=O) groups is 3. The normalized spacial score (nSPS) is 16.0. The molecule has 0 aliphatic carbocycles. The van der Waals surface area contributed by atoms with Gasteiger partial charge in [-0.15, -0.1) is 0 Å². The zero-order valence-electron chi connectivity index (χ0n) is 21.5. The van der Waals surface area contributed by atoms with Gasteiger partial charge in [-0.25, -0.2) is 9.37 Å². The second kappa shape index (κ2) is 10.6. The number of para-hydroxylation sites is 2. The van der Waals surface area contributed by atoms with E-state index >= 15 is 0 Å². The van der Waals surface area contributed by atoms with Gasteiger partial charge in [-0.1, -0.05) is 26.0 Å². The van der Waals surface area contributed by atoms with Gasteiger partial charge >= 0.3 is 0 Å². The molecule has 2 heterocycles. The molecule has 3 amide bonds. The Morgan fingerprint density at radius 1 is 1.13 bits per heavy atom. The number of aromatic nitrogens is 2. The Hall–Kier alpha value is -3.60. The summed E-state index contributed by atoms with van der Waals surface area (Å²) >= 11 is 3.26. The van der Waals surface area contributed by atoms with E-state index in [1.807, 2.05) is 13.8 Å². The summed E-state index contributed by atoms with van der Waals surface area (Å²) in [5, 5.41) is 2.70. The van der Waals surface area contributed by atoms with Gasteiger partial charge in [0.1, 0.15) is 11.9 Å². The zero-order chi connectivity index (χ0) is 27.8. The molecule has 200 valence electrons. The van der Waals surface area contributed by atoms with E-state index < -0.39 is 28.9 Å². The maximum atomic E-state index is 13.6. The quantitative estimate of drug-likeness (QED) is 0.476. The molecule has 1 aliphatic heterocycles. The van der Waals surface area contributed by atoms with Crippen molar-refractivity contribution in [2.45, 2.75) is 39.3 Å². The van der Waals surface area contributed by atoms with Crippen LogP contribution in [0.25, 0.3) is 11.0 Å². The maximum absolute atomic E-state index is 13.6. The van der Waals surface area contributed by atoms with Crippen LogP contribution in [0.4, 0.5) is 4.39 Å². The Morgan fingerprint density at radius 2 is 1.84 bits per heavy atom. The van der Waals surface area contributed by atoms with Crippen molar-refractivity contribution in [3.8, 4) is 0 Å². The average molecular weight is 586 g/mol. The monoisotopic (exact) mass is 585 g/mol. The van der Waals surface area contributed by atoms with Crippen molar-refractivity contribution in [1.82, 2.24) is 25.1 Å². The molecule has 0 saturated carbocycles. The molecule has 4 rings (SSSR count). The molecule has 1 aromatic heterocycles. The lowest BCUT2D eigenvalue weighted by Gasteiger charge is -2.48. The standard InChI is InChI=1S/C27H29BrFN5O4/c1-15(2)21(32-24(36)22-23(35)31-20-8-6-5-7-19(20)30-22)26(38)33-11-12-34(27(3,4)14-33)25(37)17-10-9-16(29)13-18(17)28/h5-10,13,15,21H,11-12,14H2,1-4H3,(H,31,35)(H,32,36)/t21-/m0/s1. The second-order valence-electron chi connectivity index (χ2n) is 10.3. The van der Waals surface area contributed by atoms with E-state index in [1.165, 1.54) is 18.2 Å². The van der Waals surface area contributed by atoms with Crippen molar-refractivity contribution in [1.29, 1.82) is 0 Å². The lowest BCUT2D eigenvalue weighted by molar-refractivity contribution is -0.138. The first-order valence-corrected chi connectivity index (χ1v) is 13.0. The highest BCUT2D eigenvalue weighted by atomic mass is 79.9. The molecule has 9 nitrogen and oxygen atoms in total. The van der Waals surface area contributed by atoms with Gasteiger partial charge in [0.25, 0.3) is 17.4 Å². The first-order valence-electron chi connectivity index (χ1n) is 12.2. The first kappa shape index (κ1) is 27.4. The number of nitrogens with zero attached hydrogens (tertiary/aromatic N) is 3. The molecule has 11 heteroatoms. The molecule has 0 bridgehead atoms. The molecule has 1 aliphatic rings. The molecule has 38 heavy (non-hydrogen) atoms. The molecule has 2 aromatic carbocycles. The molecular weight excluding hydrogens is 557 g/mol. The van der Waals surface area contributed by atoms with Gasteiger partial charge in [-0.2, -0.15) is 0 Å². The average Bonchev–Trinajstić information content (AvgIpc) is 2.85. The predicted molar refractivity (Wildman–Crippen MR) is 144 cm³/mol. The summed E-state index contributed by atoms with van der Waals surface area (Å²) in [4.78, 5) is 62.5. The van der Waals surface area contributed by atoms with Crippen LogP contribution in [0.1, 0.15) is 48.5 Å². The highest BCUT2D eigenvalue weighted by molar-refractivity contribution is 9.10. The molecule has 0 spiro atoms. The summed E-state index contributed by atoms with van der Waals surface area (Å²) in [6.45, 7) is 8.04. The van der Waals surface area contributed by atoms with Crippen molar-refractivity contribution in [2.24, 2.45) is 5.92 Å². The molecule has 0 radical (unpaired) electrons. The molecule has 3 aromatic rings. The van der Waals surface area contributed by atoms with Crippen LogP contribution in [-0.4, -0.2) is 68.7 Å². The fourth-order valence-electron chi connectivity index (χ4n) is 4.63. The molecule has 1 atom stereocenters. The number of hydrogen-bond donors (Lipinski definition) is 2. The Balaban J connectivity index is 1.51. The number of rotatable bonds is 5. The fourth-order valence-corrected chi connectivity index (χ4v) is 5.15. The number of nitrogens with one attached hydrogen (secondary N) is 2. The van der Waals surface area contributed by atoms with Crippen molar-refractivity contribution in [2.75, 3.05) is 19.6 Å². The third-order valence-corrected chi connectivity index (χ3v) is 7.31. The Kier molecular flexibility index (Phi) is 7.68. The number of H-pyrrole nitrogens is 1. The summed E-state index contributed by atoms with van der Waals surface area (Å²) in [6, 6.07) is 9.87. The summed E-state index contributed by atoms with van der Waals surface area (Å²) in [5.41, 5.74) is -0.395. The molecule has 1 fully saturated rings. The van der Waals surface area contributed by atoms with Crippen molar-refractivity contribution >= 4 is 44.7 Å². The van der Waals surface area contributed by atoms with Crippen LogP contribution in [0.2, 0.25) is 0 Å². The minimum atomic E-state index is -0.903. The largest absolute Gasteiger partial charge is 0.338 e. The number of benzene rings is 2. The Bertz CT molecular complexity index is 1470. The maximum Gasteiger partial charge on any atom is 0.280 e. The molecule has 2 N–H and O–H groups in total. The van der Waals surface area contributed by atoms with Gasteiger partial charge in [0.15, 0.2) is 5.69 Å². The second-order valence-corrected chi connectivity index (χ2v) is 11.1. The number of amides is 3. The lowest BCUT2D eigenvalue weighted by atomic mass is 9.95. The van der Waals surface area contributed by atoms with Crippen LogP contribution < -0.4 is 10.9 Å². The smallest absolute Gasteiger partial charge is 0.280 e. The summed E-state index contributed by atoms with van der Waals surface area (Å²) in [7, 11) is 0. The third-order valence-electron chi connectivity index (χ3n) is 6.65. The van der Waals surface area contributed by atoms with Crippen molar-refractivity contribution in [3.63, 3.8) is 0 Å². The van der Waals surface area contributed by atoms with Gasteiger partial charge in [-0.3, -0.25) is 19.2 Å². The van der Waals surface area contributed by atoms with E-state index in [0.717, 1.165) is 0 Å². The third kappa shape index (κ3) is 5.47. The molecular formula is C27H29BrFN5O4. The van der Waals surface area contributed by atoms with E-state index in [1.54, 1.807) is 47.9 Å². The summed E-state index contributed by atoms with van der Waals surface area (Å²) in [5.74, 6) is -2.05. The number of carbonyl (C=O) groups excluding carboxylic acids is 3. The lowest BCUT2D eigenvalue weighted by Crippen LogP contribution is -2.64. The van der Waals surface area contributed by atoms with Crippen LogP contribution in [0.3, 0.4) is 0 Å². The predicted octanol–water partition coefficient (Wildman–Crippen LogP) is 3.34. The minimum Gasteiger partial charge on any atom is -0.338 e. The van der Waals surface area contributed by atoms with Crippen LogP contribution in [-0.2, 0) is 4.79 Å². The molecule has 1 saturated heterocycles. The van der Waals surface area contributed by atoms with Gasteiger partial charge in [0.05, 0.1) is 22.1 Å². The molecule has 0 unspecified atom stereocenters. The highest BCUT2D eigenvalue weighted by Crippen LogP contribution is 2.27. The number of halogens is 2. The summed E-state index contributed by atoms with van der Waals surface area (Å²) < 4.78 is 13.9. The Labute approximate surface area is 227 Å². The van der Waals surface area contributed by atoms with Crippen LogP contribution in [0.5, 0.6) is 0 Å². The van der Waals surface area contributed by atoms with E-state index in [0.29, 0.717) is 21.1 Å². The topological polar surface area (TPSA) is 115 Å². The van der Waals surface area contributed by atoms with Crippen molar-refractivity contribution in [3.05, 3.63) is 74.4 Å². The first-order chi connectivity index (χ1) is 17.9. The van der Waals surface area contributed by atoms with Crippen LogP contribution in [0, 0.1) is 11.7 Å². The van der Waals surface area contributed by atoms with E-state index in [-0.39, 0.29) is 43.1 Å². The zero-order valence-corrected chi connectivity index (χ0v) is 23.1. The Morgan fingerprint density at radius 3 is 2.50 bits per heavy atom. The van der Waals surface area contributed by atoms with E-state index in [9.17, 15) is 23.6 Å².